The molecule has 0 aliphatic heterocycles. The molecular weight excluding hydrogens is 412 g/mol. The van der Waals surface area contributed by atoms with Crippen LogP contribution in [0.25, 0.3) is 10.2 Å². The summed E-state index contributed by atoms with van der Waals surface area (Å²) in [6.07, 6.45) is 0. The minimum Gasteiger partial charge on any atom is -0.272 e. The number of carbonyl (C=O) groups excluding carboxylic acids is 2. The number of alkyl halides is 3. The van der Waals surface area contributed by atoms with Crippen molar-refractivity contribution in [2.45, 2.75) is 8.13 Å². The molecule has 1 aromatic heterocycles. The van der Waals surface area contributed by atoms with E-state index in [2.05, 4.69) is 10.4 Å². The molecule has 2 N–H and O–H groups in total. The average molecular weight is 419 g/mol. The van der Waals surface area contributed by atoms with Gasteiger partial charge in [0.05, 0.1) is 16.0 Å². The Bertz CT molecular complexity index is 717. The highest BCUT2D eigenvalue weighted by Crippen LogP contribution is 2.30. The minimum absolute atomic E-state index is 0.0493. The highest BCUT2D eigenvalue weighted by molar-refractivity contribution is 8.01. The Balaban J connectivity index is 1.86. The third-order valence-corrected chi connectivity index (χ3v) is 5.16. The summed E-state index contributed by atoms with van der Waals surface area (Å²) in [7, 11) is 0. The van der Waals surface area contributed by atoms with E-state index in [9.17, 15) is 9.59 Å². The number of benzene rings is 1. The number of aromatic nitrogens is 1. The van der Waals surface area contributed by atoms with Crippen molar-refractivity contribution >= 4 is 91.5 Å². The van der Waals surface area contributed by atoms with Crippen molar-refractivity contribution in [1.82, 2.24) is 15.8 Å². The second-order valence-corrected chi connectivity index (χ2v) is 8.85. The molecule has 0 unspecified atom stereocenters. The van der Waals surface area contributed by atoms with E-state index in [1.165, 1.54) is 23.1 Å². The number of hydrogen-bond acceptors (Lipinski definition) is 5. The van der Waals surface area contributed by atoms with Gasteiger partial charge in [0.15, 0.2) is 4.34 Å². The van der Waals surface area contributed by atoms with Crippen LogP contribution in [0.2, 0.25) is 5.02 Å². The number of thiazole rings is 1. The lowest BCUT2D eigenvalue weighted by Crippen LogP contribution is -2.47. The van der Waals surface area contributed by atoms with Crippen LogP contribution in [0.4, 0.5) is 0 Å². The molecule has 1 aromatic carbocycles. The molecule has 0 aliphatic carbocycles. The molecule has 0 radical (unpaired) electrons. The summed E-state index contributed by atoms with van der Waals surface area (Å²) in [5.41, 5.74) is 4.92. The molecule has 5 nitrogen and oxygen atoms in total. The molecule has 11 heteroatoms. The van der Waals surface area contributed by atoms with E-state index in [1.807, 2.05) is 11.5 Å². The molecule has 2 rings (SSSR count). The summed E-state index contributed by atoms with van der Waals surface area (Å²) in [5.74, 6) is -1.34. The van der Waals surface area contributed by atoms with Gasteiger partial charge in [-0.25, -0.2) is 4.98 Å². The summed E-state index contributed by atoms with van der Waals surface area (Å²) >= 11 is 24.6. The van der Waals surface area contributed by atoms with Gasteiger partial charge in [0.2, 0.25) is 5.91 Å². The Morgan fingerprint density at radius 1 is 1.27 bits per heavy atom. The fourth-order valence-corrected chi connectivity index (χ4v) is 3.46. The minimum atomic E-state index is -2.13. The number of thioether (sulfide) groups is 1. The number of amides is 2. The first-order valence-electron chi connectivity index (χ1n) is 5.60. The number of fused-ring (bicyclic) bond motifs is 1. The lowest BCUT2D eigenvalue weighted by molar-refractivity contribution is -0.127. The van der Waals surface area contributed by atoms with Crippen molar-refractivity contribution in [2.75, 3.05) is 5.75 Å². The lowest BCUT2D eigenvalue weighted by atomic mass is 10.3. The van der Waals surface area contributed by atoms with E-state index in [0.29, 0.717) is 9.36 Å². The molecule has 0 saturated heterocycles. The van der Waals surface area contributed by atoms with E-state index in [-0.39, 0.29) is 5.75 Å². The third-order valence-electron chi connectivity index (χ3n) is 2.23. The number of nitrogens with one attached hydrogen (secondary N) is 2. The van der Waals surface area contributed by atoms with Crippen LogP contribution < -0.4 is 10.9 Å². The van der Waals surface area contributed by atoms with Crippen LogP contribution in [0.5, 0.6) is 0 Å². The van der Waals surface area contributed by atoms with Gasteiger partial charge in [0.25, 0.3) is 9.70 Å². The normalized spacial score (nSPS) is 11.5. The maximum Gasteiger partial charge on any atom is 0.290 e. The Morgan fingerprint density at radius 3 is 2.68 bits per heavy atom. The number of carbonyl (C=O) groups is 2. The zero-order valence-electron chi connectivity index (χ0n) is 10.5. The van der Waals surface area contributed by atoms with Gasteiger partial charge in [-0.2, -0.15) is 0 Å². The number of rotatable bonds is 3. The summed E-state index contributed by atoms with van der Waals surface area (Å²) in [5, 5.41) is 0.599. The Kier molecular flexibility index (Phi) is 6.04. The van der Waals surface area contributed by atoms with Crippen molar-refractivity contribution in [3.8, 4) is 0 Å². The van der Waals surface area contributed by atoms with Gasteiger partial charge in [0.1, 0.15) is 0 Å². The molecule has 118 valence electrons. The summed E-state index contributed by atoms with van der Waals surface area (Å²) in [6, 6.07) is 5.38. The standard InChI is InChI=1S/C11H7Cl4N3O2S2/c12-5-1-2-7-6(3-5)16-10(22-7)21-4-8(19)17-18-9(20)11(13,14)15/h1-3H,4H2,(H,17,19)(H,18,20). The van der Waals surface area contributed by atoms with Crippen molar-refractivity contribution in [1.29, 1.82) is 0 Å². The van der Waals surface area contributed by atoms with Crippen LogP contribution in [0.15, 0.2) is 22.5 Å². The molecule has 0 saturated carbocycles. The molecule has 0 aliphatic rings. The van der Waals surface area contributed by atoms with Crippen molar-refractivity contribution < 1.29 is 9.59 Å². The van der Waals surface area contributed by atoms with E-state index in [1.54, 1.807) is 12.1 Å². The molecule has 0 bridgehead atoms. The quantitative estimate of drug-likeness (QED) is 0.454. The second-order valence-electron chi connectivity index (χ2n) is 3.88. The maximum absolute atomic E-state index is 11.6. The summed E-state index contributed by atoms with van der Waals surface area (Å²) < 4.78 is -0.455. The molecular formula is C11H7Cl4N3O2S2. The van der Waals surface area contributed by atoms with Crippen LogP contribution in [0.3, 0.4) is 0 Å². The number of hydrazine groups is 1. The largest absolute Gasteiger partial charge is 0.290 e. The average Bonchev–Trinajstić information content (AvgIpc) is 2.83. The van der Waals surface area contributed by atoms with Crippen molar-refractivity contribution in [3.05, 3.63) is 23.2 Å². The van der Waals surface area contributed by atoms with Gasteiger partial charge < -0.3 is 0 Å². The highest BCUT2D eigenvalue weighted by atomic mass is 35.6. The topological polar surface area (TPSA) is 71.1 Å². The molecule has 0 spiro atoms. The van der Waals surface area contributed by atoms with Gasteiger partial charge in [-0.05, 0) is 18.2 Å². The Labute approximate surface area is 153 Å². The zero-order chi connectivity index (χ0) is 16.3. The van der Waals surface area contributed by atoms with Crippen LogP contribution >= 0.6 is 69.5 Å². The molecule has 2 amide bonds. The van der Waals surface area contributed by atoms with E-state index in [0.717, 1.165) is 10.2 Å². The first-order valence-corrected chi connectivity index (χ1v) is 8.92. The van der Waals surface area contributed by atoms with Crippen molar-refractivity contribution in [2.24, 2.45) is 0 Å². The highest BCUT2D eigenvalue weighted by Gasteiger charge is 2.30. The van der Waals surface area contributed by atoms with E-state index >= 15 is 0 Å². The molecule has 0 atom stereocenters. The molecule has 2 aromatic rings. The Hall–Kier alpha value is -0.440. The first-order chi connectivity index (χ1) is 10.3. The smallest absolute Gasteiger partial charge is 0.272 e. The zero-order valence-corrected chi connectivity index (χ0v) is 15.2. The first kappa shape index (κ1) is 17.9. The molecule has 22 heavy (non-hydrogen) atoms. The number of nitrogens with zero attached hydrogens (tertiary/aromatic N) is 1. The van der Waals surface area contributed by atoms with Gasteiger partial charge in [-0.15, -0.1) is 11.3 Å². The lowest BCUT2D eigenvalue weighted by Gasteiger charge is -2.11. The predicted octanol–water partition coefficient (Wildman–Crippen LogP) is 3.56. The molecule has 1 heterocycles. The Morgan fingerprint density at radius 2 is 2.00 bits per heavy atom. The van der Waals surface area contributed by atoms with Crippen molar-refractivity contribution in [3.63, 3.8) is 0 Å². The summed E-state index contributed by atoms with van der Waals surface area (Å²) in [4.78, 5) is 27.2. The monoisotopic (exact) mass is 417 g/mol. The van der Waals surface area contributed by atoms with Crippen LogP contribution in [0.1, 0.15) is 0 Å². The fraction of sp³-hybridized carbons (Fsp3) is 0.182. The fourth-order valence-electron chi connectivity index (χ4n) is 1.30. The predicted molar refractivity (Wildman–Crippen MR) is 91.9 cm³/mol. The van der Waals surface area contributed by atoms with Gasteiger partial charge in [-0.1, -0.05) is 58.2 Å². The van der Waals surface area contributed by atoms with Gasteiger partial charge >= 0.3 is 0 Å². The maximum atomic E-state index is 11.6. The van der Waals surface area contributed by atoms with Gasteiger partial charge in [0, 0.05) is 5.02 Å². The SMILES string of the molecule is O=C(CSc1nc2cc(Cl)ccc2s1)NNC(=O)C(Cl)(Cl)Cl. The molecule has 0 fully saturated rings. The van der Waals surface area contributed by atoms with Crippen LogP contribution in [-0.2, 0) is 9.59 Å². The number of halogens is 4. The third kappa shape index (κ3) is 5.04. The second kappa shape index (κ2) is 7.42. The summed E-state index contributed by atoms with van der Waals surface area (Å²) in [6.45, 7) is 0. The van der Waals surface area contributed by atoms with E-state index < -0.39 is 15.6 Å². The van der Waals surface area contributed by atoms with Crippen LogP contribution in [-0.4, -0.2) is 26.3 Å². The number of hydrogen-bond donors (Lipinski definition) is 2. The van der Waals surface area contributed by atoms with E-state index in [4.69, 9.17) is 46.4 Å². The van der Waals surface area contributed by atoms with Crippen LogP contribution in [0, 0.1) is 0 Å². The van der Waals surface area contributed by atoms with Gasteiger partial charge in [-0.3, -0.25) is 20.4 Å².